The van der Waals surface area contributed by atoms with Gasteiger partial charge >= 0.3 is 0 Å². The summed E-state index contributed by atoms with van der Waals surface area (Å²) >= 11 is 1.27. The third kappa shape index (κ3) is 3.37. The van der Waals surface area contributed by atoms with Crippen molar-refractivity contribution in [3.05, 3.63) is 88.4 Å². The molecule has 0 unspecified atom stereocenters. The summed E-state index contributed by atoms with van der Waals surface area (Å²) in [4.78, 5) is 30.7. The van der Waals surface area contributed by atoms with Crippen molar-refractivity contribution < 1.29 is 9.59 Å². The van der Waals surface area contributed by atoms with E-state index in [1.54, 1.807) is 36.4 Å². The molecule has 0 aliphatic heterocycles. The van der Waals surface area contributed by atoms with Crippen LogP contribution in [0.15, 0.2) is 66.7 Å². The molecule has 28 heavy (non-hydrogen) atoms. The van der Waals surface area contributed by atoms with Crippen molar-refractivity contribution in [2.24, 2.45) is 0 Å². The molecule has 0 atom stereocenters. The molecule has 0 aliphatic carbocycles. The molecule has 138 valence electrons. The first-order valence-corrected chi connectivity index (χ1v) is 9.51. The third-order valence-corrected chi connectivity index (χ3v) is 5.49. The molecule has 1 amide bonds. The number of hydrogen-bond donors (Lipinski definition) is 2. The molecule has 0 bridgehead atoms. The van der Waals surface area contributed by atoms with Crippen LogP contribution >= 0.6 is 11.3 Å². The number of benzene rings is 2. The van der Waals surface area contributed by atoms with Crippen LogP contribution in [0.1, 0.15) is 31.3 Å². The Balaban J connectivity index is 1.54. The molecule has 0 aliphatic rings. The van der Waals surface area contributed by atoms with Crippen LogP contribution in [-0.2, 0) is 0 Å². The first-order valence-electron chi connectivity index (χ1n) is 8.70. The smallest absolute Gasteiger partial charge is 0.267 e. The van der Waals surface area contributed by atoms with E-state index < -0.39 is 0 Å². The molecular formula is C22H17N3O2S. The highest BCUT2D eigenvalue weighted by Crippen LogP contribution is 2.33. The number of nitrogens with two attached hydrogens (primary N) is 1. The van der Waals surface area contributed by atoms with Crippen molar-refractivity contribution in [2.75, 3.05) is 11.1 Å². The summed E-state index contributed by atoms with van der Waals surface area (Å²) in [5.41, 5.74) is 9.22. The van der Waals surface area contributed by atoms with Crippen molar-refractivity contribution in [2.45, 2.75) is 6.92 Å². The number of nitrogens with zero attached hydrogens (tertiary/aromatic N) is 1. The van der Waals surface area contributed by atoms with E-state index in [-0.39, 0.29) is 11.7 Å². The van der Waals surface area contributed by atoms with Crippen molar-refractivity contribution in [1.82, 2.24) is 4.98 Å². The summed E-state index contributed by atoms with van der Waals surface area (Å²) in [5.74, 6) is -0.353. The fourth-order valence-electron chi connectivity index (χ4n) is 2.91. The average molecular weight is 387 g/mol. The summed E-state index contributed by atoms with van der Waals surface area (Å²) in [6.07, 6.45) is 0. The number of nitrogens with one attached hydrogen (secondary N) is 1. The number of carbonyl (C=O) groups is 2. The second kappa shape index (κ2) is 7.25. The van der Waals surface area contributed by atoms with Crippen LogP contribution < -0.4 is 11.1 Å². The first-order chi connectivity index (χ1) is 13.5. The maximum absolute atomic E-state index is 12.7. The summed E-state index contributed by atoms with van der Waals surface area (Å²) in [7, 11) is 0. The van der Waals surface area contributed by atoms with Crippen LogP contribution in [0.3, 0.4) is 0 Å². The third-order valence-electron chi connectivity index (χ3n) is 4.38. The second-order valence-electron chi connectivity index (χ2n) is 6.38. The van der Waals surface area contributed by atoms with Gasteiger partial charge in [0.05, 0.1) is 5.69 Å². The number of carbonyl (C=O) groups excluding carboxylic acids is 2. The van der Waals surface area contributed by atoms with Gasteiger partial charge in [-0.1, -0.05) is 30.3 Å². The fraction of sp³-hybridized carbons (Fsp3) is 0.0455. The molecular weight excluding hydrogens is 370 g/mol. The number of anilines is 2. The second-order valence-corrected chi connectivity index (χ2v) is 7.38. The predicted molar refractivity (Wildman–Crippen MR) is 113 cm³/mol. The Bertz CT molecular complexity index is 1180. The van der Waals surface area contributed by atoms with E-state index in [1.165, 1.54) is 11.3 Å². The van der Waals surface area contributed by atoms with Gasteiger partial charge in [0, 0.05) is 27.9 Å². The summed E-state index contributed by atoms with van der Waals surface area (Å²) in [6.45, 7) is 1.90. The van der Waals surface area contributed by atoms with Crippen LogP contribution in [-0.4, -0.2) is 16.7 Å². The number of rotatable bonds is 4. The van der Waals surface area contributed by atoms with Crippen molar-refractivity contribution >= 4 is 44.6 Å². The Hall–Kier alpha value is -3.51. The maximum Gasteiger partial charge on any atom is 0.267 e. The van der Waals surface area contributed by atoms with E-state index in [0.29, 0.717) is 27.4 Å². The van der Waals surface area contributed by atoms with Gasteiger partial charge in [-0.15, -0.1) is 11.3 Å². The Morgan fingerprint density at radius 1 is 0.929 bits per heavy atom. The zero-order chi connectivity index (χ0) is 19.7. The monoisotopic (exact) mass is 387 g/mol. The van der Waals surface area contributed by atoms with Crippen molar-refractivity contribution in [1.29, 1.82) is 0 Å². The highest BCUT2D eigenvalue weighted by atomic mass is 32.1. The van der Waals surface area contributed by atoms with Gasteiger partial charge in [0.1, 0.15) is 9.71 Å². The number of nitrogen functional groups attached to an aromatic ring is 1. The standard InChI is InChI=1S/C22H17N3O2S/c1-13-7-12-17-18(23)20(28-22(17)24-13)21(27)25-16-10-8-15(9-11-16)19(26)14-5-3-2-4-6-14/h2-12H,23H2,1H3,(H,25,27). The quantitative estimate of drug-likeness (QED) is 0.498. The van der Waals surface area contributed by atoms with Gasteiger partial charge in [0.15, 0.2) is 5.78 Å². The van der Waals surface area contributed by atoms with Crippen molar-refractivity contribution in [3.8, 4) is 0 Å². The molecule has 6 heteroatoms. The van der Waals surface area contributed by atoms with Gasteiger partial charge in [-0.05, 0) is 43.3 Å². The summed E-state index contributed by atoms with van der Waals surface area (Å²) < 4.78 is 0. The summed E-state index contributed by atoms with van der Waals surface area (Å²) in [6, 6.07) is 19.6. The van der Waals surface area contributed by atoms with E-state index in [4.69, 9.17) is 5.73 Å². The number of pyridine rings is 1. The van der Waals surface area contributed by atoms with Gasteiger partial charge in [-0.25, -0.2) is 4.98 Å². The number of amides is 1. The molecule has 0 radical (unpaired) electrons. The number of aromatic nitrogens is 1. The molecule has 4 rings (SSSR count). The zero-order valence-corrected chi connectivity index (χ0v) is 15.9. The predicted octanol–water partition coefficient (Wildman–Crippen LogP) is 4.67. The molecule has 4 aromatic rings. The molecule has 5 nitrogen and oxygen atoms in total. The number of aryl methyl sites for hydroxylation is 1. The van der Waals surface area contributed by atoms with E-state index >= 15 is 0 Å². The van der Waals surface area contributed by atoms with Crippen LogP contribution in [0.25, 0.3) is 10.2 Å². The molecule has 0 saturated heterocycles. The molecule has 0 fully saturated rings. The number of ketones is 1. The number of fused-ring (bicyclic) bond motifs is 1. The minimum absolute atomic E-state index is 0.0614. The van der Waals surface area contributed by atoms with E-state index in [2.05, 4.69) is 10.3 Å². The molecule has 0 spiro atoms. The van der Waals surface area contributed by atoms with Gasteiger partial charge in [-0.3, -0.25) is 9.59 Å². The molecule has 3 N–H and O–H groups in total. The van der Waals surface area contributed by atoms with Gasteiger partial charge in [0.2, 0.25) is 0 Å². The Labute approximate surface area is 165 Å². The lowest BCUT2D eigenvalue weighted by molar-refractivity contribution is 0.102. The van der Waals surface area contributed by atoms with Crippen molar-refractivity contribution in [3.63, 3.8) is 0 Å². The van der Waals surface area contributed by atoms with Gasteiger partial charge in [-0.2, -0.15) is 0 Å². The summed E-state index contributed by atoms with van der Waals surface area (Å²) in [5, 5.41) is 3.61. The zero-order valence-electron chi connectivity index (χ0n) is 15.1. The normalized spacial score (nSPS) is 10.8. The number of thiophene rings is 1. The Morgan fingerprint density at radius 3 is 2.32 bits per heavy atom. The molecule has 0 saturated carbocycles. The van der Waals surface area contributed by atoms with Crippen LogP contribution in [0.5, 0.6) is 0 Å². The van der Waals surface area contributed by atoms with Gasteiger partial charge in [0.25, 0.3) is 5.91 Å². The SMILES string of the molecule is Cc1ccc2c(N)c(C(=O)Nc3ccc(C(=O)c4ccccc4)cc3)sc2n1. The van der Waals surface area contributed by atoms with E-state index in [0.717, 1.165) is 15.9 Å². The highest BCUT2D eigenvalue weighted by molar-refractivity contribution is 7.21. The van der Waals surface area contributed by atoms with E-state index in [9.17, 15) is 9.59 Å². The minimum atomic E-state index is -0.291. The largest absolute Gasteiger partial charge is 0.397 e. The van der Waals surface area contributed by atoms with Gasteiger partial charge < -0.3 is 11.1 Å². The fourth-order valence-corrected chi connectivity index (χ4v) is 3.94. The maximum atomic E-state index is 12.7. The average Bonchev–Trinajstić information content (AvgIpc) is 3.04. The molecule has 2 heterocycles. The van der Waals surface area contributed by atoms with Crippen LogP contribution in [0, 0.1) is 6.92 Å². The molecule has 2 aromatic carbocycles. The van der Waals surface area contributed by atoms with E-state index in [1.807, 2.05) is 37.3 Å². The Morgan fingerprint density at radius 2 is 1.61 bits per heavy atom. The lowest BCUT2D eigenvalue weighted by atomic mass is 10.0. The lowest BCUT2D eigenvalue weighted by Gasteiger charge is -2.06. The van der Waals surface area contributed by atoms with Crippen LogP contribution in [0.2, 0.25) is 0 Å². The lowest BCUT2D eigenvalue weighted by Crippen LogP contribution is -2.12. The highest BCUT2D eigenvalue weighted by Gasteiger charge is 2.17. The minimum Gasteiger partial charge on any atom is -0.397 e. The Kier molecular flexibility index (Phi) is 4.63. The first kappa shape index (κ1) is 17.9. The van der Waals surface area contributed by atoms with Crippen LogP contribution in [0.4, 0.5) is 11.4 Å². The molecule has 2 aromatic heterocycles. The number of hydrogen-bond acceptors (Lipinski definition) is 5. The topological polar surface area (TPSA) is 85.1 Å².